The highest BCUT2D eigenvalue weighted by Crippen LogP contribution is 2.29. The number of hydrogen-bond donors (Lipinski definition) is 2. The minimum Gasteiger partial charge on any atom is -0.483 e. The van der Waals surface area contributed by atoms with Crippen molar-refractivity contribution in [3.8, 4) is 11.8 Å². The molecule has 0 heterocycles. The second-order valence-corrected chi connectivity index (χ2v) is 10.2. The SMILES string of the molecule is CC(=O)NS(=O)(=O)c1ccc(NC(=O)COc2ccc(Cl)cc2C(=O)c2cccc(Cl)c2C#N)c(C)c1. The minimum absolute atomic E-state index is 0.00252. The van der Waals surface area contributed by atoms with Crippen LogP contribution in [0.4, 0.5) is 5.69 Å². The molecule has 0 radical (unpaired) electrons. The van der Waals surface area contributed by atoms with E-state index in [9.17, 15) is 28.1 Å². The van der Waals surface area contributed by atoms with Crippen LogP contribution in [0, 0.1) is 18.3 Å². The summed E-state index contributed by atoms with van der Waals surface area (Å²) in [5.74, 6) is -1.83. The molecule has 37 heavy (non-hydrogen) atoms. The van der Waals surface area contributed by atoms with Gasteiger partial charge in [-0.15, -0.1) is 0 Å². The fraction of sp³-hybridized carbons (Fsp3) is 0.120. The molecule has 0 fully saturated rings. The van der Waals surface area contributed by atoms with Crippen LogP contribution in [0.2, 0.25) is 10.0 Å². The average molecular weight is 560 g/mol. The zero-order valence-corrected chi connectivity index (χ0v) is 21.8. The Hall–Kier alpha value is -3.91. The first-order valence-electron chi connectivity index (χ1n) is 10.5. The molecule has 0 saturated heterocycles. The standard InChI is InChI=1S/C25H19Cl2N3O6S/c1-14-10-17(37(34,35)30-15(2)31)7-8-22(14)29-24(32)13-36-23-9-6-16(26)11-19(23)25(33)18-4-3-5-21(27)20(18)12-28/h3-11H,13H2,1-2H3,(H,29,32)(H,30,31). The number of amides is 2. The molecule has 3 aromatic rings. The zero-order chi connectivity index (χ0) is 27.3. The molecule has 0 spiro atoms. The molecule has 0 atom stereocenters. The van der Waals surface area contributed by atoms with Crippen molar-refractivity contribution in [3.63, 3.8) is 0 Å². The molecule has 9 nitrogen and oxygen atoms in total. The third kappa shape index (κ3) is 6.65. The van der Waals surface area contributed by atoms with Gasteiger partial charge in [0.1, 0.15) is 11.8 Å². The molecule has 0 saturated carbocycles. The van der Waals surface area contributed by atoms with Crippen molar-refractivity contribution in [2.45, 2.75) is 18.7 Å². The fourth-order valence-electron chi connectivity index (χ4n) is 3.30. The number of nitrogens with zero attached hydrogens (tertiary/aromatic N) is 1. The number of ether oxygens (including phenoxy) is 1. The first-order valence-corrected chi connectivity index (χ1v) is 12.8. The van der Waals surface area contributed by atoms with Gasteiger partial charge in [-0.1, -0.05) is 29.3 Å². The Kier molecular flexibility index (Phi) is 8.55. The van der Waals surface area contributed by atoms with E-state index < -0.39 is 34.2 Å². The molecule has 0 unspecified atom stereocenters. The molecular weight excluding hydrogens is 541 g/mol. The van der Waals surface area contributed by atoms with Crippen LogP contribution < -0.4 is 14.8 Å². The van der Waals surface area contributed by atoms with Gasteiger partial charge in [0, 0.05) is 23.2 Å². The number of ketones is 1. The van der Waals surface area contributed by atoms with Gasteiger partial charge in [-0.2, -0.15) is 5.26 Å². The van der Waals surface area contributed by atoms with Gasteiger partial charge in [-0.3, -0.25) is 14.4 Å². The van der Waals surface area contributed by atoms with Gasteiger partial charge in [0.15, 0.2) is 12.4 Å². The number of hydrogen-bond acceptors (Lipinski definition) is 7. The lowest BCUT2D eigenvalue weighted by Crippen LogP contribution is -2.28. The maximum Gasteiger partial charge on any atom is 0.264 e. The fourth-order valence-corrected chi connectivity index (χ4v) is 4.76. The monoisotopic (exact) mass is 559 g/mol. The molecule has 2 N–H and O–H groups in total. The predicted octanol–water partition coefficient (Wildman–Crippen LogP) is 4.25. The number of nitriles is 1. The van der Waals surface area contributed by atoms with Crippen LogP contribution in [-0.4, -0.2) is 32.6 Å². The lowest BCUT2D eigenvalue weighted by Gasteiger charge is -2.14. The van der Waals surface area contributed by atoms with Gasteiger partial charge >= 0.3 is 0 Å². The second kappa shape index (κ2) is 11.4. The normalized spacial score (nSPS) is 10.8. The Morgan fingerprint density at radius 2 is 1.76 bits per heavy atom. The summed E-state index contributed by atoms with van der Waals surface area (Å²) in [6, 6.07) is 14.5. The summed E-state index contributed by atoms with van der Waals surface area (Å²) in [5, 5.41) is 12.4. The maximum absolute atomic E-state index is 13.2. The van der Waals surface area contributed by atoms with E-state index in [1.807, 2.05) is 10.8 Å². The summed E-state index contributed by atoms with van der Waals surface area (Å²) in [7, 11) is -4.03. The van der Waals surface area contributed by atoms with Gasteiger partial charge in [0.25, 0.3) is 15.9 Å². The smallest absolute Gasteiger partial charge is 0.264 e. The van der Waals surface area contributed by atoms with Gasteiger partial charge in [0.05, 0.1) is 21.0 Å². The number of sulfonamides is 1. The molecule has 190 valence electrons. The van der Waals surface area contributed by atoms with Crippen molar-refractivity contribution >= 4 is 56.5 Å². The number of nitrogens with one attached hydrogen (secondary N) is 2. The minimum atomic E-state index is -4.03. The summed E-state index contributed by atoms with van der Waals surface area (Å²) in [4.78, 5) is 36.7. The summed E-state index contributed by atoms with van der Waals surface area (Å²) >= 11 is 12.1. The number of aryl methyl sites for hydroxylation is 1. The Bertz CT molecular complexity index is 1570. The van der Waals surface area contributed by atoms with Crippen molar-refractivity contribution < 1.29 is 27.5 Å². The highest BCUT2D eigenvalue weighted by Gasteiger charge is 2.21. The lowest BCUT2D eigenvalue weighted by atomic mass is 9.98. The van der Waals surface area contributed by atoms with Crippen LogP contribution in [0.5, 0.6) is 5.75 Å². The molecule has 0 bridgehead atoms. The first kappa shape index (κ1) is 27.7. The Labute approximate surface area is 223 Å². The van der Waals surface area contributed by atoms with Crippen LogP contribution in [0.25, 0.3) is 0 Å². The summed E-state index contributed by atoms with van der Waals surface area (Å²) in [5.41, 5.74) is 0.823. The van der Waals surface area contributed by atoms with Crippen LogP contribution in [0.3, 0.4) is 0 Å². The van der Waals surface area contributed by atoms with Crippen molar-refractivity contribution in [1.29, 1.82) is 5.26 Å². The zero-order valence-electron chi connectivity index (χ0n) is 19.5. The highest BCUT2D eigenvalue weighted by molar-refractivity contribution is 7.90. The highest BCUT2D eigenvalue weighted by atomic mass is 35.5. The Morgan fingerprint density at radius 3 is 2.41 bits per heavy atom. The molecule has 3 aromatic carbocycles. The van der Waals surface area contributed by atoms with Gasteiger partial charge in [-0.25, -0.2) is 13.1 Å². The molecule has 0 aliphatic heterocycles. The molecule has 0 aliphatic carbocycles. The third-order valence-electron chi connectivity index (χ3n) is 4.98. The van der Waals surface area contributed by atoms with E-state index in [-0.39, 0.29) is 37.4 Å². The number of benzene rings is 3. The summed E-state index contributed by atoms with van der Waals surface area (Å²) in [6.45, 7) is 2.17. The number of carbonyl (C=O) groups is 3. The van der Waals surface area contributed by atoms with E-state index in [1.54, 1.807) is 6.92 Å². The maximum atomic E-state index is 13.2. The summed E-state index contributed by atoms with van der Waals surface area (Å²) < 4.78 is 31.8. The Balaban J connectivity index is 1.78. The second-order valence-electron chi connectivity index (χ2n) is 7.72. The van der Waals surface area contributed by atoms with E-state index in [1.165, 1.54) is 54.6 Å². The largest absolute Gasteiger partial charge is 0.483 e. The van der Waals surface area contributed by atoms with E-state index in [0.29, 0.717) is 11.3 Å². The number of halogens is 2. The van der Waals surface area contributed by atoms with E-state index in [0.717, 1.165) is 6.92 Å². The van der Waals surface area contributed by atoms with Gasteiger partial charge in [0.2, 0.25) is 5.91 Å². The number of carbonyl (C=O) groups excluding carboxylic acids is 3. The van der Waals surface area contributed by atoms with Gasteiger partial charge in [-0.05, 0) is 61.0 Å². The van der Waals surface area contributed by atoms with Crippen LogP contribution >= 0.6 is 23.2 Å². The molecular formula is C25H19Cl2N3O6S. The lowest BCUT2D eigenvalue weighted by molar-refractivity contribution is -0.118. The number of rotatable bonds is 8. The van der Waals surface area contributed by atoms with E-state index in [4.69, 9.17) is 27.9 Å². The van der Waals surface area contributed by atoms with Crippen molar-refractivity contribution in [2.24, 2.45) is 0 Å². The van der Waals surface area contributed by atoms with Crippen LogP contribution in [-0.2, 0) is 19.6 Å². The average Bonchev–Trinajstić information content (AvgIpc) is 2.83. The van der Waals surface area contributed by atoms with E-state index >= 15 is 0 Å². The molecule has 2 amide bonds. The predicted molar refractivity (Wildman–Crippen MR) is 137 cm³/mol. The first-order chi connectivity index (χ1) is 17.4. The molecule has 0 aromatic heterocycles. The molecule has 0 aliphatic rings. The van der Waals surface area contributed by atoms with Gasteiger partial charge < -0.3 is 10.1 Å². The van der Waals surface area contributed by atoms with Crippen molar-refractivity contribution in [1.82, 2.24) is 4.72 Å². The summed E-state index contributed by atoms with van der Waals surface area (Å²) in [6.07, 6.45) is 0. The van der Waals surface area contributed by atoms with E-state index in [2.05, 4.69) is 5.32 Å². The van der Waals surface area contributed by atoms with Crippen molar-refractivity contribution in [3.05, 3.63) is 86.9 Å². The third-order valence-corrected chi connectivity index (χ3v) is 6.96. The quantitative estimate of drug-likeness (QED) is 0.392. The van der Waals surface area contributed by atoms with Crippen LogP contribution in [0.1, 0.15) is 34.0 Å². The molecule has 12 heteroatoms. The number of anilines is 1. The van der Waals surface area contributed by atoms with Crippen molar-refractivity contribution in [2.75, 3.05) is 11.9 Å². The Morgan fingerprint density at radius 1 is 1.03 bits per heavy atom. The topological polar surface area (TPSA) is 142 Å². The molecule has 3 rings (SSSR count). The van der Waals surface area contributed by atoms with Crippen LogP contribution in [0.15, 0.2) is 59.5 Å².